The molecule has 1 aromatic rings. The van der Waals surface area contributed by atoms with Crippen molar-refractivity contribution in [3.05, 3.63) is 12.1 Å². The Hall–Kier alpha value is 0.632. The van der Waals surface area contributed by atoms with E-state index in [9.17, 15) is 5.11 Å². The number of hydrogen-bond donors (Lipinski definition) is 1. The first-order valence-corrected chi connectivity index (χ1v) is 13.0. The molecule has 0 aliphatic rings. The molecular weight excluding hydrogens is 386 g/mol. The van der Waals surface area contributed by atoms with E-state index in [-0.39, 0.29) is 0 Å². The molecule has 1 aromatic heterocycles. The molecule has 19 heavy (non-hydrogen) atoms. The molecule has 0 spiro atoms. The van der Waals surface area contributed by atoms with E-state index in [1.54, 1.807) is 21.3 Å². The van der Waals surface area contributed by atoms with Crippen LogP contribution in [0.25, 0.3) is 0 Å². The maximum absolute atomic E-state index is 10.1. The van der Waals surface area contributed by atoms with Crippen LogP contribution >= 0.6 is 33.1 Å². The smallest absolute Gasteiger partial charge is 0.341 e. The molecule has 1 rings (SSSR count). The first-order valence-electron chi connectivity index (χ1n) is 6.64. The average molecular weight is 409 g/mol. The van der Waals surface area contributed by atoms with Gasteiger partial charge >= 0.3 is 7.48 Å². The molecule has 1 atom stereocenters. The van der Waals surface area contributed by atoms with Gasteiger partial charge in [-0.3, -0.25) is 0 Å². The highest BCUT2D eigenvalue weighted by Crippen LogP contribution is 2.24. The van der Waals surface area contributed by atoms with Gasteiger partial charge in [-0.1, -0.05) is 25.5 Å². The molecule has 2 nitrogen and oxygen atoms in total. The highest BCUT2D eigenvalue weighted by atomic mass is 127. The summed E-state index contributed by atoms with van der Waals surface area (Å²) >= 11 is 4.46. The summed E-state index contributed by atoms with van der Waals surface area (Å²) in [4.78, 5) is 0. The fourth-order valence-corrected chi connectivity index (χ4v) is 7.99. The van der Waals surface area contributed by atoms with Gasteiger partial charge in [-0.15, -0.1) is 21.8 Å². The van der Waals surface area contributed by atoms with Crippen LogP contribution in [0.4, 0.5) is 0 Å². The molecule has 1 unspecified atom stereocenters. The van der Waals surface area contributed by atoms with Crippen LogP contribution in [0.3, 0.4) is 0 Å². The van der Waals surface area contributed by atoms with Gasteiger partial charge in [0, 0.05) is 0 Å². The Bertz CT molecular complexity index is 404. The zero-order chi connectivity index (χ0) is 14.7. The van der Waals surface area contributed by atoms with E-state index >= 15 is 0 Å². The van der Waals surface area contributed by atoms with Crippen molar-refractivity contribution in [2.45, 2.75) is 58.3 Å². The van der Waals surface area contributed by atoms with Crippen molar-refractivity contribution in [3.63, 3.8) is 0 Å². The monoisotopic (exact) mass is 409 g/mol. The van der Waals surface area contributed by atoms with Crippen LogP contribution in [0, 0.1) is 0 Å². The van der Waals surface area contributed by atoms with Crippen LogP contribution in [0.5, 0.6) is 0 Å². The number of aliphatic hydroxyl groups is 1. The fourth-order valence-electron chi connectivity index (χ4n) is 1.35. The predicted octanol–water partition coefficient (Wildman–Crippen LogP) is 2.33. The Morgan fingerprint density at radius 2 is 2.00 bits per heavy atom. The van der Waals surface area contributed by atoms with E-state index in [0.29, 0.717) is 0 Å². The van der Waals surface area contributed by atoms with Crippen molar-refractivity contribution in [1.29, 1.82) is 0 Å². The number of rotatable bonds is 7. The Labute approximate surface area is 136 Å². The first-order chi connectivity index (χ1) is 8.67. The lowest BCUT2D eigenvalue weighted by molar-refractivity contribution is -0.0892. The minimum atomic E-state index is -0.869. The lowest BCUT2D eigenvalue weighted by Crippen LogP contribution is -2.49. The topological polar surface area (TPSA) is 29.5 Å². The lowest BCUT2D eigenvalue weighted by Gasteiger charge is -2.37. The van der Waals surface area contributed by atoms with Gasteiger partial charge in [0.05, 0.1) is 11.2 Å². The predicted molar refractivity (Wildman–Crippen MR) is 97.1 cm³/mol. The van der Waals surface area contributed by atoms with Crippen molar-refractivity contribution in [3.8, 4) is 0 Å². The van der Waals surface area contributed by atoms with Gasteiger partial charge in [0.25, 0.3) is 0 Å². The summed E-state index contributed by atoms with van der Waals surface area (Å²) in [6.45, 7) is 9.61. The fraction of sp³-hybridized carbons (Fsp3) is 0.692. The molecule has 1 radical (unpaired) electrons. The third kappa shape index (κ3) is 5.15. The molecule has 6 heteroatoms. The number of hydrogen-bond acceptors (Lipinski definition) is 3. The summed E-state index contributed by atoms with van der Waals surface area (Å²) in [6.07, 6.45) is 0.486. The zero-order valence-electron chi connectivity index (χ0n) is 12.4. The Morgan fingerprint density at radius 1 is 1.37 bits per heavy atom. The number of halogens is 1. The first kappa shape index (κ1) is 17.7. The van der Waals surface area contributed by atoms with E-state index in [4.69, 9.17) is 4.65 Å². The molecule has 1 N–H and O–H groups in total. The highest BCUT2D eigenvalue weighted by molar-refractivity contribution is 14.1. The molecule has 0 saturated heterocycles. The summed E-state index contributed by atoms with van der Waals surface area (Å²) in [5, 5.41) is 10.1. The van der Waals surface area contributed by atoms with Crippen LogP contribution in [0.2, 0.25) is 6.04 Å². The third-order valence-electron chi connectivity index (χ3n) is 3.44. The molecule has 0 amide bonds. The molecule has 1 heterocycles. The summed E-state index contributed by atoms with van der Waals surface area (Å²) in [5.41, 5.74) is -1.46. The normalized spacial score (nSPS) is 14.5. The maximum Gasteiger partial charge on any atom is 0.341 e. The average Bonchev–Trinajstić information content (AvgIpc) is 2.74. The van der Waals surface area contributed by atoms with Crippen LogP contribution < -0.4 is 9.28 Å². The van der Waals surface area contributed by atoms with Crippen LogP contribution in [0.15, 0.2) is 12.1 Å². The quantitative estimate of drug-likeness (QED) is 0.426. The highest BCUT2D eigenvalue weighted by Gasteiger charge is 2.35. The largest absolute Gasteiger partial charge is 0.426 e. The molecule has 0 bridgehead atoms. The van der Waals surface area contributed by atoms with E-state index in [1.165, 1.54) is 17.0 Å². The molecule has 107 valence electrons. The van der Waals surface area contributed by atoms with Crippen molar-refractivity contribution >= 4 is 56.2 Å². The number of thiophene rings is 1. The second-order valence-corrected chi connectivity index (χ2v) is 14.0. The molecule has 0 aliphatic heterocycles. The van der Waals surface area contributed by atoms with E-state index < -0.39 is 17.5 Å². The van der Waals surface area contributed by atoms with Crippen LogP contribution in [0.1, 0.15) is 41.0 Å². The molecule has 0 fully saturated rings. The zero-order valence-corrected chi connectivity index (χ0v) is 16.5. The minimum absolute atomic E-state index is 0.596. The molecule has 0 aromatic carbocycles. The Kier molecular flexibility index (Phi) is 6.58. The van der Waals surface area contributed by atoms with E-state index in [2.05, 4.69) is 40.9 Å². The van der Waals surface area contributed by atoms with E-state index in [1.807, 2.05) is 25.2 Å². The van der Waals surface area contributed by atoms with Crippen molar-refractivity contribution in [2.24, 2.45) is 0 Å². The van der Waals surface area contributed by atoms with Crippen LogP contribution in [-0.2, 0) is 4.65 Å². The standard InChI is InChI=1S/C13H23BIO2SSi/c1-6-9-19(15)11-8-7-10(18-11)14-17-13(4,5)12(2,3)16/h7-8,16,19H,6,9H2,1-5H3. The summed E-state index contributed by atoms with van der Waals surface area (Å²) in [7, 11) is 1.79. The van der Waals surface area contributed by atoms with Crippen molar-refractivity contribution < 1.29 is 9.76 Å². The van der Waals surface area contributed by atoms with Crippen molar-refractivity contribution in [1.82, 2.24) is 0 Å². The van der Waals surface area contributed by atoms with Gasteiger partial charge in [-0.05, 0) is 43.0 Å². The SMILES string of the molecule is CCC[SiH](I)c1ccc([B]OC(C)(C)C(C)(C)O)s1. The van der Waals surface area contributed by atoms with Crippen molar-refractivity contribution in [2.75, 3.05) is 0 Å². The Balaban J connectivity index is 2.60. The molecule has 0 saturated carbocycles. The van der Waals surface area contributed by atoms with E-state index in [0.717, 1.165) is 4.78 Å². The summed E-state index contributed by atoms with van der Waals surface area (Å²) in [6, 6.07) is 5.70. The van der Waals surface area contributed by atoms with Gasteiger partial charge in [-0.25, -0.2) is 0 Å². The third-order valence-corrected chi connectivity index (χ3v) is 12.5. The van der Waals surface area contributed by atoms with Gasteiger partial charge < -0.3 is 9.76 Å². The van der Waals surface area contributed by atoms with Crippen LogP contribution in [-0.4, -0.2) is 30.1 Å². The summed E-state index contributed by atoms with van der Waals surface area (Å²) in [5.74, 6) is 0. The second kappa shape index (κ2) is 7.07. The minimum Gasteiger partial charge on any atom is -0.426 e. The Morgan fingerprint density at radius 3 is 2.53 bits per heavy atom. The molecular formula is C13H23BIO2SSi. The maximum atomic E-state index is 10.1. The van der Waals surface area contributed by atoms with Gasteiger partial charge in [0.1, 0.15) is 0 Å². The lowest BCUT2D eigenvalue weighted by atomic mass is 9.86. The molecule has 0 aliphatic carbocycles. The second-order valence-electron chi connectivity index (χ2n) is 5.80. The van der Waals surface area contributed by atoms with Gasteiger partial charge in [-0.2, -0.15) is 11.3 Å². The van der Waals surface area contributed by atoms with Gasteiger partial charge in [0.2, 0.25) is 0 Å². The summed E-state index contributed by atoms with van der Waals surface area (Å²) < 4.78 is 8.44. The van der Waals surface area contributed by atoms with Gasteiger partial charge in [0.15, 0.2) is 6.29 Å².